The maximum absolute atomic E-state index is 12.2. The summed E-state index contributed by atoms with van der Waals surface area (Å²) in [6.45, 7) is 5.01. The standard InChI is InChI=1S/C23H28N4O3/c1-4-14-11-19(23(29)30)22(28)25-21(14)15-5-6-20-16(9-15)10-18(26(20)3)13-27-8-7-17(12-27)24-2/h5-6,9-11,17,24H,4,7-8,12-13H2,1-3H3,(H,25,28)(H,29,30)/t17-/m0/s1. The summed E-state index contributed by atoms with van der Waals surface area (Å²) in [6, 6.07) is 10.4. The fraction of sp³-hybridized carbons (Fsp3) is 0.391. The molecular weight excluding hydrogens is 380 g/mol. The molecule has 0 spiro atoms. The molecule has 3 heterocycles. The molecule has 0 saturated carbocycles. The summed E-state index contributed by atoms with van der Waals surface area (Å²) in [5.74, 6) is -1.21. The third-order valence-corrected chi connectivity index (χ3v) is 6.23. The fourth-order valence-corrected chi connectivity index (χ4v) is 4.42. The SMILES string of the molecule is CCc1cc(C(=O)O)c(=O)[nH]c1-c1ccc2c(c1)cc(CN1CC[C@H](NC)C1)n2C. The number of hydrogen-bond acceptors (Lipinski definition) is 4. The number of carboxylic acid groups (broad SMARTS) is 1. The van der Waals surface area contributed by atoms with Crippen LogP contribution in [0.4, 0.5) is 0 Å². The second kappa shape index (κ2) is 8.08. The highest BCUT2D eigenvalue weighted by Gasteiger charge is 2.22. The zero-order valence-corrected chi connectivity index (χ0v) is 17.7. The molecule has 7 heteroatoms. The predicted octanol–water partition coefficient (Wildman–Crippen LogP) is 2.59. The van der Waals surface area contributed by atoms with E-state index in [1.165, 1.54) is 18.2 Å². The summed E-state index contributed by atoms with van der Waals surface area (Å²) in [4.78, 5) is 28.8. The van der Waals surface area contributed by atoms with E-state index in [9.17, 15) is 14.7 Å². The van der Waals surface area contributed by atoms with Crippen molar-refractivity contribution in [1.29, 1.82) is 0 Å². The van der Waals surface area contributed by atoms with Crippen LogP contribution in [-0.4, -0.2) is 51.7 Å². The number of rotatable bonds is 6. The van der Waals surface area contributed by atoms with E-state index in [1.807, 2.05) is 20.0 Å². The van der Waals surface area contributed by atoms with E-state index in [1.54, 1.807) is 0 Å². The van der Waals surface area contributed by atoms with Gasteiger partial charge in [-0.1, -0.05) is 13.0 Å². The zero-order chi connectivity index (χ0) is 21.4. The van der Waals surface area contributed by atoms with Crippen molar-refractivity contribution in [3.05, 3.63) is 57.5 Å². The van der Waals surface area contributed by atoms with Crippen LogP contribution in [0.2, 0.25) is 0 Å². The zero-order valence-electron chi connectivity index (χ0n) is 17.7. The van der Waals surface area contributed by atoms with Gasteiger partial charge in [0.25, 0.3) is 5.56 Å². The molecule has 0 aliphatic carbocycles. The Balaban J connectivity index is 1.70. The molecule has 7 nitrogen and oxygen atoms in total. The minimum atomic E-state index is -1.21. The van der Waals surface area contributed by atoms with Gasteiger partial charge in [-0.25, -0.2) is 4.79 Å². The lowest BCUT2D eigenvalue weighted by atomic mass is 10.0. The van der Waals surface area contributed by atoms with Crippen molar-refractivity contribution in [3.63, 3.8) is 0 Å². The molecule has 3 N–H and O–H groups in total. The average Bonchev–Trinajstić information content (AvgIpc) is 3.31. The van der Waals surface area contributed by atoms with Crippen molar-refractivity contribution >= 4 is 16.9 Å². The van der Waals surface area contributed by atoms with Crippen LogP contribution < -0.4 is 10.9 Å². The number of pyridine rings is 1. The van der Waals surface area contributed by atoms with E-state index in [-0.39, 0.29) is 5.56 Å². The molecule has 158 valence electrons. The van der Waals surface area contributed by atoms with Crippen LogP contribution in [0.5, 0.6) is 0 Å². The molecule has 0 radical (unpaired) electrons. The summed E-state index contributed by atoms with van der Waals surface area (Å²) in [7, 11) is 4.11. The summed E-state index contributed by atoms with van der Waals surface area (Å²) in [5.41, 5.74) is 4.00. The van der Waals surface area contributed by atoms with Crippen LogP contribution in [-0.2, 0) is 20.0 Å². The summed E-state index contributed by atoms with van der Waals surface area (Å²) in [5, 5.41) is 13.7. The molecule has 0 unspecified atom stereocenters. The van der Waals surface area contributed by atoms with E-state index < -0.39 is 11.5 Å². The van der Waals surface area contributed by atoms with Gasteiger partial charge in [-0.3, -0.25) is 9.69 Å². The number of aromatic amines is 1. The van der Waals surface area contributed by atoms with Gasteiger partial charge < -0.3 is 20.0 Å². The maximum Gasteiger partial charge on any atom is 0.341 e. The number of fused-ring (bicyclic) bond motifs is 1. The molecule has 1 aliphatic heterocycles. The van der Waals surface area contributed by atoms with Crippen molar-refractivity contribution in [1.82, 2.24) is 19.8 Å². The second-order valence-electron chi connectivity index (χ2n) is 8.05. The van der Waals surface area contributed by atoms with Crippen molar-refractivity contribution < 1.29 is 9.90 Å². The Labute approximate surface area is 175 Å². The van der Waals surface area contributed by atoms with E-state index >= 15 is 0 Å². The number of nitrogens with zero attached hydrogens (tertiary/aromatic N) is 2. The van der Waals surface area contributed by atoms with Gasteiger partial charge in [0.05, 0.1) is 5.69 Å². The number of hydrogen-bond donors (Lipinski definition) is 3. The number of aryl methyl sites for hydroxylation is 2. The lowest BCUT2D eigenvalue weighted by molar-refractivity contribution is 0.0695. The lowest BCUT2D eigenvalue weighted by Crippen LogP contribution is -2.29. The van der Waals surface area contributed by atoms with Crippen LogP contribution in [0.25, 0.3) is 22.2 Å². The Kier molecular flexibility index (Phi) is 5.49. The smallest absolute Gasteiger partial charge is 0.341 e. The van der Waals surface area contributed by atoms with Gasteiger partial charge >= 0.3 is 5.97 Å². The Morgan fingerprint density at radius 3 is 2.77 bits per heavy atom. The number of carbonyl (C=O) groups is 1. The Bertz CT molecular complexity index is 1160. The summed E-state index contributed by atoms with van der Waals surface area (Å²) >= 11 is 0. The van der Waals surface area contributed by atoms with Crippen molar-refractivity contribution in [2.75, 3.05) is 20.1 Å². The molecule has 3 aromatic rings. The lowest BCUT2D eigenvalue weighted by Gasteiger charge is -2.16. The molecule has 1 saturated heterocycles. The van der Waals surface area contributed by atoms with Gasteiger partial charge in [0, 0.05) is 49.3 Å². The van der Waals surface area contributed by atoms with E-state index in [4.69, 9.17) is 0 Å². The third kappa shape index (κ3) is 3.66. The number of carboxylic acids is 1. The highest BCUT2D eigenvalue weighted by atomic mass is 16.4. The first-order valence-electron chi connectivity index (χ1n) is 10.4. The first kappa shape index (κ1) is 20.4. The number of aromatic nitrogens is 2. The minimum Gasteiger partial charge on any atom is -0.477 e. The number of likely N-dealkylation sites (tertiary alicyclic amines) is 1. The van der Waals surface area contributed by atoms with Crippen LogP contribution in [0.3, 0.4) is 0 Å². The molecule has 2 aromatic heterocycles. The second-order valence-corrected chi connectivity index (χ2v) is 8.05. The highest BCUT2D eigenvalue weighted by Crippen LogP contribution is 2.28. The molecule has 4 rings (SSSR count). The molecule has 1 atom stereocenters. The number of H-pyrrole nitrogens is 1. The average molecular weight is 409 g/mol. The number of benzene rings is 1. The first-order chi connectivity index (χ1) is 14.4. The predicted molar refractivity (Wildman–Crippen MR) is 118 cm³/mol. The highest BCUT2D eigenvalue weighted by molar-refractivity contribution is 5.89. The van der Waals surface area contributed by atoms with Crippen molar-refractivity contribution in [2.24, 2.45) is 7.05 Å². The largest absolute Gasteiger partial charge is 0.477 e. The van der Waals surface area contributed by atoms with Gasteiger partial charge in [0.2, 0.25) is 0 Å². The molecule has 0 bridgehead atoms. The van der Waals surface area contributed by atoms with E-state index in [2.05, 4.69) is 45.0 Å². The van der Waals surface area contributed by atoms with Crippen LogP contribution >= 0.6 is 0 Å². The van der Waals surface area contributed by atoms with Gasteiger partial charge in [-0.15, -0.1) is 0 Å². The molecular formula is C23H28N4O3. The van der Waals surface area contributed by atoms with Gasteiger partial charge in [-0.05, 0) is 55.3 Å². The normalized spacial score (nSPS) is 17.1. The maximum atomic E-state index is 12.2. The number of likely N-dealkylation sites (N-methyl/N-ethyl adjacent to an activating group) is 1. The molecule has 0 amide bonds. The minimum absolute atomic E-state index is 0.218. The number of nitrogens with one attached hydrogen (secondary N) is 2. The fourth-order valence-electron chi connectivity index (χ4n) is 4.42. The van der Waals surface area contributed by atoms with Crippen LogP contribution in [0.15, 0.2) is 35.1 Å². The molecule has 1 aromatic carbocycles. The molecule has 1 fully saturated rings. The van der Waals surface area contributed by atoms with Crippen LogP contribution in [0.1, 0.15) is 35.0 Å². The van der Waals surface area contributed by atoms with E-state index in [0.29, 0.717) is 18.2 Å². The quantitative estimate of drug-likeness (QED) is 0.583. The Hall–Kier alpha value is -2.90. The van der Waals surface area contributed by atoms with Crippen LogP contribution in [0, 0.1) is 0 Å². The Morgan fingerprint density at radius 1 is 1.30 bits per heavy atom. The first-order valence-corrected chi connectivity index (χ1v) is 10.4. The monoisotopic (exact) mass is 408 g/mol. The van der Waals surface area contributed by atoms with Gasteiger partial charge in [0.1, 0.15) is 5.56 Å². The molecule has 30 heavy (non-hydrogen) atoms. The van der Waals surface area contributed by atoms with E-state index in [0.717, 1.165) is 41.7 Å². The number of aromatic carboxylic acids is 1. The summed E-state index contributed by atoms with van der Waals surface area (Å²) in [6.07, 6.45) is 1.80. The topological polar surface area (TPSA) is 90.4 Å². The van der Waals surface area contributed by atoms with Crippen molar-refractivity contribution in [3.8, 4) is 11.3 Å². The Morgan fingerprint density at radius 2 is 2.10 bits per heavy atom. The van der Waals surface area contributed by atoms with Gasteiger partial charge in [0.15, 0.2) is 0 Å². The summed E-state index contributed by atoms with van der Waals surface area (Å²) < 4.78 is 2.23. The van der Waals surface area contributed by atoms with Gasteiger partial charge in [-0.2, -0.15) is 0 Å². The molecule has 1 aliphatic rings. The third-order valence-electron chi connectivity index (χ3n) is 6.23. The van der Waals surface area contributed by atoms with Crippen molar-refractivity contribution in [2.45, 2.75) is 32.4 Å².